The summed E-state index contributed by atoms with van der Waals surface area (Å²) in [6, 6.07) is -0.509. The fourth-order valence-electron chi connectivity index (χ4n) is 2.23. The first kappa shape index (κ1) is 16.4. The van der Waals surface area contributed by atoms with Crippen LogP contribution in [0, 0.1) is 17.8 Å². The molecule has 1 aliphatic rings. The molecule has 114 valence electrons. The lowest BCUT2D eigenvalue weighted by molar-refractivity contribution is -0.142. The van der Waals surface area contributed by atoms with Gasteiger partial charge in [0.2, 0.25) is 5.91 Å². The van der Waals surface area contributed by atoms with Crippen LogP contribution in [-0.4, -0.2) is 54.1 Å². The number of hydrogen-bond donors (Lipinski definition) is 3. The second-order valence-corrected chi connectivity index (χ2v) is 5.77. The van der Waals surface area contributed by atoms with Crippen LogP contribution in [0.2, 0.25) is 0 Å². The standard InChI is InChI=1S/C13H23N3O4/c1-8(2)4-14-13(20)15-11(17)7-16-5-9(3)10(6-16)12(18)19/h8-10H,4-7H2,1-3H3,(H,18,19)(H2,14,15,17,20)/t9-,10-/m1/s1. The summed E-state index contributed by atoms with van der Waals surface area (Å²) in [6.07, 6.45) is 0. The number of carboxylic acid groups (broad SMARTS) is 1. The van der Waals surface area contributed by atoms with Crippen LogP contribution in [0.5, 0.6) is 0 Å². The van der Waals surface area contributed by atoms with Gasteiger partial charge >= 0.3 is 12.0 Å². The van der Waals surface area contributed by atoms with E-state index in [1.807, 2.05) is 20.8 Å². The number of amides is 3. The summed E-state index contributed by atoms with van der Waals surface area (Å²) in [4.78, 5) is 35.8. The Bertz CT molecular complexity index is 384. The van der Waals surface area contributed by atoms with E-state index in [2.05, 4.69) is 10.6 Å². The number of nitrogens with one attached hydrogen (secondary N) is 2. The van der Waals surface area contributed by atoms with E-state index in [1.54, 1.807) is 4.90 Å². The Kier molecular flexibility index (Phi) is 5.94. The normalized spacial score (nSPS) is 22.8. The number of likely N-dealkylation sites (tertiary alicyclic amines) is 1. The summed E-state index contributed by atoms with van der Waals surface area (Å²) in [6.45, 7) is 7.21. The summed E-state index contributed by atoms with van der Waals surface area (Å²) in [5, 5.41) is 13.8. The topological polar surface area (TPSA) is 98.7 Å². The summed E-state index contributed by atoms with van der Waals surface area (Å²) in [7, 11) is 0. The minimum absolute atomic E-state index is 0.00932. The van der Waals surface area contributed by atoms with E-state index in [0.717, 1.165) is 0 Å². The van der Waals surface area contributed by atoms with Crippen LogP contribution >= 0.6 is 0 Å². The maximum absolute atomic E-state index is 11.7. The summed E-state index contributed by atoms with van der Waals surface area (Å²) < 4.78 is 0. The zero-order chi connectivity index (χ0) is 15.3. The first-order valence-electron chi connectivity index (χ1n) is 6.82. The Hall–Kier alpha value is -1.63. The molecule has 2 atom stereocenters. The minimum atomic E-state index is -0.838. The molecule has 1 aliphatic heterocycles. The molecule has 3 N–H and O–H groups in total. The largest absolute Gasteiger partial charge is 0.481 e. The molecule has 20 heavy (non-hydrogen) atoms. The van der Waals surface area contributed by atoms with Crippen LogP contribution in [0.3, 0.4) is 0 Å². The highest BCUT2D eigenvalue weighted by Gasteiger charge is 2.35. The number of carbonyl (C=O) groups is 3. The van der Waals surface area contributed by atoms with Gasteiger partial charge in [-0.1, -0.05) is 20.8 Å². The monoisotopic (exact) mass is 285 g/mol. The molecule has 3 amide bonds. The average molecular weight is 285 g/mol. The van der Waals surface area contributed by atoms with Gasteiger partial charge in [-0.15, -0.1) is 0 Å². The lowest BCUT2D eigenvalue weighted by atomic mass is 9.99. The summed E-state index contributed by atoms with van der Waals surface area (Å²) in [5.74, 6) is -1.38. The van der Waals surface area contributed by atoms with Crippen molar-refractivity contribution < 1.29 is 19.5 Å². The molecule has 7 heteroatoms. The molecule has 1 heterocycles. The van der Waals surface area contributed by atoms with E-state index in [0.29, 0.717) is 25.6 Å². The van der Waals surface area contributed by atoms with Gasteiger partial charge < -0.3 is 10.4 Å². The van der Waals surface area contributed by atoms with Crippen molar-refractivity contribution in [1.29, 1.82) is 0 Å². The van der Waals surface area contributed by atoms with Gasteiger partial charge in [0.1, 0.15) is 0 Å². The third kappa shape index (κ3) is 5.16. The number of hydrogen-bond acceptors (Lipinski definition) is 4. The molecule has 0 spiro atoms. The molecule has 0 bridgehead atoms. The van der Waals surface area contributed by atoms with E-state index in [9.17, 15) is 14.4 Å². The molecule has 1 fully saturated rings. The minimum Gasteiger partial charge on any atom is -0.481 e. The highest BCUT2D eigenvalue weighted by Crippen LogP contribution is 2.22. The molecule has 0 aromatic rings. The van der Waals surface area contributed by atoms with Crippen LogP contribution in [-0.2, 0) is 9.59 Å². The Morgan fingerprint density at radius 1 is 1.30 bits per heavy atom. The quantitative estimate of drug-likeness (QED) is 0.666. The maximum Gasteiger partial charge on any atom is 0.321 e. The lowest BCUT2D eigenvalue weighted by Gasteiger charge is -2.15. The van der Waals surface area contributed by atoms with E-state index in [-0.39, 0.29) is 12.5 Å². The third-order valence-electron chi connectivity index (χ3n) is 3.30. The first-order valence-corrected chi connectivity index (χ1v) is 6.82. The van der Waals surface area contributed by atoms with Crippen molar-refractivity contribution >= 4 is 17.9 Å². The van der Waals surface area contributed by atoms with Crippen molar-refractivity contribution in [3.8, 4) is 0 Å². The molecule has 1 saturated heterocycles. The number of nitrogens with zero attached hydrogens (tertiary/aromatic N) is 1. The number of carbonyl (C=O) groups excluding carboxylic acids is 2. The molecule has 0 radical (unpaired) electrons. The average Bonchev–Trinajstić information content (AvgIpc) is 2.67. The number of carboxylic acids is 1. The highest BCUT2D eigenvalue weighted by atomic mass is 16.4. The van der Waals surface area contributed by atoms with Crippen LogP contribution < -0.4 is 10.6 Å². The second-order valence-electron chi connectivity index (χ2n) is 5.77. The predicted octanol–water partition coefficient (Wildman–Crippen LogP) is 0.121. The summed E-state index contributed by atoms with van der Waals surface area (Å²) >= 11 is 0. The fraction of sp³-hybridized carbons (Fsp3) is 0.769. The number of urea groups is 1. The summed E-state index contributed by atoms with van der Waals surface area (Å²) in [5.41, 5.74) is 0. The lowest BCUT2D eigenvalue weighted by Crippen LogP contribution is -2.45. The van der Waals surface area contributed by atoms with Crippen LogP contribution in [0.25, 0.3) is 0 Å². The molecule has 0 unspecified atom stereocenters. The third-order valence-corrected chi connectivity index (χ3v) is 3.30. The van der Waals surface area contributed by atoms with E-state index in [4.69, 9.17) is 5.11 Å². The van der Waals surface area contributed by atoms with Gasteiger partial charge in [0, 0.05) is 19.6 Å². The van der Waals surface area contributed by atoms with Crippen LogP contribution in [0.15, 0.2) is 0 Å². The van der Waals surface area contributed by atoms with Crippen molar-refractivity contribution in [3.05, 3.63) is 0 Å². The van der Waals surface area contributed by atoms with E-state index >= 15 is 0 Å². The first-order chi connectivity index (χ1) is 9.29. The number of imide groups is 1. The Labute approximate surface area is 118 Å². The fourth-order valence-corrected chi connectivity index (χ4v) is 2.23. The molecule has 0 aliphatic carbocycles. The van der Waals surface area contributed by atoms with E-state index < -0.39 is 23.8 Å². The molecular weight excluding hydrogens is 262 g/mol. The Morgan fingerprint density at radius 3 is 2.45 bits per heavy atom. The number of rotatable bonds is 5. The number of aliphatic carboxylic acids is 1. The maximum atomic E-state index is 11.7. The van der Waals surface area contributed by atoms with Gasteiger partial charge in [0.05, 0.1) is 12.5 Å². The van der Waals surface area contributed by atoms with Gasteiger partial charge in [-0.2, -0.15) is 0 Å². The SMILES string of the molecule is CC(C)CNC(=O)NC(=O)CN1C[C@@H](C)[C@H](C(=O)O)C1. The van der Waals surface area contributed by atoms with Crippen molar-refractivity contribution in [2.45, 2.75) is 20.8 Å². The van der Waals surface area contributed by atoms with E-state index in [1.165, 1.54) is 0 Å². The zero-order valence-electron chi connectivity index (χ0n) is 12.2. The molecule has 0 saturated carbocycles. The van der Waals surface area contributed by atoms with Crippen molar-refractivity contribution in [3.63, 3.8) is 0 Å². The highest BCUT2D eigenvalue weighted by molar-refractivity contribution is 5.95. The second kappa shape index (κ2) is 7.23. The molecule has 1 rings (SSSR count). The molecule has 0 aromatic heterocycles. The van der Waals surface area contributed by atoms with Gasteiger partial charge in [0.25, 0.3) is 0 Å². The van der Waals surface area contributed by atoms with Crippen molar-refractivity contribution in [2.24, 2.45) is 17.8 Å². The smallest absolute Gasteiger partial charge is 0.321 e. The molecule has 7 nitrogen and oxygen atoms in total. The molecule has 0 aromatic carbocycles. The van der Waals surface area contributed by atoms with Gasteiger partial charge in [0.15, 0.2) is 0 Å². The van der Waals surface area contributed by atoms with Gasteiger partial charge in [-0.25, -0.2) is 4.79 Å². The van der Waals surface area contributed by atoms with Crippen LogP contribution in [0.4, 0.5) is 4.79 Å². The van der Waals surface area contributed by atoms with Crippen molar-refractivity contribution in [2.75, 3.05) is 26.2 Å². The van der Waals surface area contributed by atoms with Crippen LogP contribution in [0.1, 0.15) is 20.8 Å². The predicted molar refractivity (Wildman–Crippen MR) is 73.1 cm³/mol. The van der Waals surface area contributed by atoms with Crippen molar-refractivity contribution in [1.82, 2.24) is 15.5 Å². The van der Waals surface area contributed by atoms with Gasteiger partial charge in [-0.05, 0) is 11.8 Å². The Balaban J connectivity index is 2.33. The zero-order valence-corrected chi connectivity index (χ0v) is 12.2. The van der Waals surface area contributed by atoms with Gasteiger partial charge in [-0.3, -0.25) is 19.8 Å². The Morgan fingerprint density at radius 2 is 1.95 bits per heavy atom. The molecular formula is C13H23N3O4.